The quantitative estimate of drug-likeness (QED) is 0.815. The fourth-order valence-electron chi connectivity index (χ4n) is 1.34. The van der Waals surface area contributed by atoms with Crippen molar-refractivity contribution in [2.75, 3.05) is 19.0 Å². The van der Waals surface area contributed by atoms with Crippen molar-refractivity contribution in [3.8, 4) is 17.8 Å². The predicted octanol–water partition coefficient (Wildman–Crippen LogP) is 2.71. The van der Waals surface area contributed by atoms with Gasteiger partial charge < -0.3 is 14.8 Å². The first-order valence-electron chi connectivity index (χ1n) is 5.69. The molecule has 0 fully saturated rings. The molecule has 1 heterocycles. The second-order valence-electron chi connectivity index (χ2n) is 3.49. The van der Waals surface area contributed by atoms with Gasteiger partial charge in [-0.1, -0.05) is 12.1 Å². The Morgan fingerprint density at radius 1 is 1.16 bits per heavy atom. The molecule has 0 unspecified atom stereocenters. The molecule has 0 aliphatic carbocycles. The highest BCUT2D eigenvalue weighted by Crippen LogP contribution is 2.25. The Labute approximate surface area is 124 Å². The first-order valence-corrected chi connectivity index (χ1v) is 6.77. The molecule has 0 spiro atoms. The van der Waals surface area contributed by atoms with Gasteiger partial charge in [0.25, 0.3) is 0 Å². The van der Waals surface area contributed by atoms with Crippen molar-refractivity contribution in [1.82, 2.24) is 15.0 Å². The summed E-state index contributed by atoms with van der Waals surface area (Å²) < 4.78 is 11.7. The molecule has 1 aromatic heterocycles. The first-order chi connectivity index (χ1) is 9.22. The predicted molar refractivity (Wildman–Crippen MR) is 79.8 cm³/mol. The lowest BCUT2D eigenvalue weighted by Crippen LogP contribution is -2.06. The molecule has 0 saturated carbocycles. The van der Waals surface area contributed by atoms with Gasteiger partial charge in [-0.25, -0.2) is 0 Å². The van der Waals surface area contributed by atoms with Gasteiger partial charge in [-0.3, -0.25) is 0 Å². The third-order valence-corrected chi connectivity index (χ3v) is 3.04. The number of nitrogens with zero attached hydrogens (tertiary/aromatic N) is 3. The van der Waals surface area contributed by atoms with Gasteiger partial charge >= 0.3 is 12.0 Å². The number of anilines is 1. The van der Waals surface area contributed by atoms with E-state index in [0.717, 1.165) is 3.57 Å². The maximum Gasteiger partial charge on any atom is 0.330 e. The van der Waals surface area contributed by atoms with Crippen molar-refractivity contribution in [3.63, 3.8) is 0 Å². The molecule has 0 bridgehead atoms. The Morgan fingerprint density at radius 2 is 1.89 bits per heavy atom. The number of benzene rings is 1. The normalized spacial score (nSPS) is 10.1. The Morgan fingerprint density at radius 3 is 2.58 bits per heavy atom. The van der Waals surface area contributed by atoms with Crippen LogP contribution in [0.1, 0.15) is 6.92 Å². The number of para-hydroxylation sites is 1. The number of hydrogen-bond acceptors (Lipinski definition) is 6. The summed E-state index contributed by atoms with van der Waals surface area (Å²) in [6.45, 7) is 2.66. The van der Waals surface area contributed by atoms with E-state index in [9.17, 15) is 0 Å². The van der Waals surface area contributed by atoms with E-state index < -0.39 is 0 Å². The zero-order valence-corrected chi connectivity index (χ0v) is 12.7. The highest BCUT2D eigenvalue weighted by Gasteiger charge is 2.09. The van der Waals surface area contributed by atoms with Crippen LogP contribution in [-0.2, 0) is 0 Å². The average Bonchev–Trinajstić information content (AvgIpc) is 2.41. The summed E-state index contributed by atoms with van der Waals surface area (Å²) >= 11 is 2.19. The van der Waals surface area contributed by atoms with Crippen LogP contribution in [0, 0.1) is 3.57 Å². The Bertz CT molecular complexity index is 565. The summed E-state index contributed by atoms with van der Waals surface area (Å²) in [6, 6.07) is 8.04. The Balaban J connectivity index is 2.29. The van der Waals surface area contributed by atoms with Crippen LogP contribution in [-0.4, -0.2) is 28.6 Å². The molecule has 19 heavy (non-hydrogen) atoms. The average molecular weight is 372 g/mol. The molecule has 6 nitrogen and oxygen atoms in total. The van der Waals surface area contributed by atoms with Crippen LogP contribution in [0.3, 0.4) is 0 Å². The third-order valence-electron chi connectivity index (χ3n) is 2.15. The summed E-state index contributed by atoms with van der Waals surface area (Å²) in [5, 5.41) is 3.00. The van der Waals surface area contributed by atoms with Gasteiger partial charge in [-0.15, -0.1) is 4.98 Å². The lowest BCUT2D eigenvalue weighted by atomic mass is 10.3. The zero-order valence-electron chi connectivity index (χ0n) is 10.6. The maximum atomic E-state index is 5.65. The molecule has 0 aliphatic heterocycles. The number of aromatic nitrogens is 3. The van der Waals surface area contributed by atoms with Crippen LogP contribution in [0.25, 0.3) is 0 Å². The minimum Gasteiger partial charge on any atom is -0.467 e. The molecule has 0 atom stereocenters. The number of hydrogen-bond donors (Lipinski definition) is 1. The number of nitrogens with one attached hydrogen (secondary N) is 1. The van der Waals surface area contributed by atoms with E-state index in [1.54, 1.807) is 0 Å². The van der Waals surface area contributed by atoms with Gasteiger partial charge in [0.2, 0.25) is 5.95 Å². The fourth-order valence-corrected chi connectivity index (χ4v) is 1.84. The van der Waals surface area contributed by atoms with Gasteiger partial charge in [-0.05, 0) is 41.6 Å². The molecule has 0 aliphatic rings. The monoisotopic (exact) mass is 372 g/mol. The van der Waals surface area contributed by atoms with Crippen molar-refractivity contribution in [2.45, 2.75) is 6.92 Å². The van der Waals surface area contributed by atoms with Crippen LogP contribution in [0.2, 0.25) is 0 Å². The number of ether oxygens (including phenoxy) is 2. The third kappa shape index (κ3) is 3.66. The minimum absolute atomic E-state index is 0.201. The first kappa shape index (κ1) is 13.8. The molecule has 7 heteroatoms. The van der Waals surface area contributed by atoms with Gasteiger partial charge in [0.1, 0.15) is 5.75 Å². The molecule has 0 saturated heterocycles. The largest absolute Gasteiger partial charge is 0.467 e. The molecule has 1 N–H and O–H groups in total. The van der Waals surface area contributed by atoms with Crippen molar-refractivity contribution >= 4 is 28.5 Å². The van der Waals surface area contributed by atoms with Gasteiger partial charge in [0.05, 0.1) is 10.7 Å². The summed E-state index contributed by atoms with van der Waals surface area (Å²) in [4.78, 5) is 12.3. The lowest BCUT2D eigenvalue weighted by molar-refractivity contribution is 0.359. The topological polar surface area (TPSA) is 69.2 Å². The van der Waals surface area contributed by atoms with Crippen LogP contribution >= 0.6 is 22.6 Å². The molecule has 100 valence electrons. The van der Waals surface area contributed by atoms with Gasteiger partial charge in [0.15, 0.2) is 0 Å². The Kier molecular flexibility index (Phi) is 4.72. The lowest BCUT2D eigenvalue weighted by Gasteiger charge is -2.08. The smallest absolute Gasteiger partial charge is 0.330 e. The van der Waals surface area contributed by atoms with Crippen LogP contribution in [0.5, 0.6) is 17.8 Å². The highest BCUT2D eigenvalue weighted by atomic mass is 127. The molecule has 2 rings (SSSR count). The standard InChI is InChI=1S/C12H13IN4O2/c1-3-14-10-15-11(18-2)17-12(16-10)19-9-7-5-4-6-8(9)13/h4-7H,3H2,1-2H3,(H,14,15,16,17). The van der Waals surface area contributed by atoms with Crippen molar-refractivity contribution in [1.29, 1.82) is 0 Å². The van der Waals surface area contributed by atoms with E-state index in [-0.39, 0.29) is 12.0 Å². The van der Waals surface area contributed by atoms with E-state index in [0.29, 0.717) is 18.2 Å². The van der Waals surface area contributed by atoms with Gasteiger partial charge in [-0.2, -0.15) is 9.97 Å². The maximum absolute atomic E-state index is 5.65. The molecule has 0 radical (unpaired) electrons. The molecule has 2 aromatic rings. The minimum atomic E-state index is 0.201. The summed E-state index contributed by atoms with van der Waals surface area (Å²) in [6.07, 6.45) is 0. The molecular formula is C12H13IN4O2. The van der Waals surface area contributed by atoms with Crippen molar-refractivity contribution in [3.05, 3.63) is 27.8 Å². The van der Waals surface area contributed by atoms with E-state index in [1.807, 2.05) is 31.2 Å². The van der Waals surface area contributed by atoms with E-state index in [2.05, 4.69) is 42.9 Å². The molecule has 1 aromatic carbocycles. The van der Waals surface area contributed by atoms with Gasteiger partial charge in [0, 0.05) is 6.54 Å². The van der Waals surface area contributed by atoms with Crippen molar-refractivity contribution < 1.29 is 9.47 Å². The Hall–Kier alpha value is -1.64. The number of rotatable bonds is 5. The van der Waals surface area contributed by atoms with Crippen molar-refractivity contribution in [2.24, 2.45) is 0 Å². The summed E-state index contributed by atoms with van der Waals surface area (Å²) in [7, 11) is 1.50. The molecular weight excluding hydrogens is 359 g/mol. The van der Waals surface area contributed by atoms with Crippen LogP contribution < -0.4 is 14.8 Å². The SMILES string of the molecule is CCNc1nc(OC)nc(Oc2ccccc2I)n1. The molecule has 0 amide bonds. The van der Waals surface area contributed by atoms with Crippen LogP contribution in [0.4, 0.5) is 5.95 Å². The number of methoxy groups -OCH3 is 1. The summed E-state index contributed by atoms with van der Waals surface area (Å²) in [5.41, 5.74) is 0. The summed E-state index contributed by atoms with van der Waals surface area (Å²) in [5.74, 6) is 1.12. The van der Waals surface area contributed by atoms with E-state index >= 15 is 0 Å². The van der Waals surface area contributed by atoms with E-state index in [4.69, 9.17) is 9.47 Å². The zero-order chi connectivity index (χ0) is 13.7. The second-order valence-corrected chi connectivity index (χ2v) is 4.65. The van der Waals surface area contributed by atoms with Crippen LogP contribution in [0.15, 0.2) is 24.3 Å². The number of halogens is 1. The van der Waals surface area contributed by atoms with E-state index in [1.165, 1.54) is 7.11 Å². The fraction of sp³-hybridized carbons (Fsp3) is 0.250. The highest BCUT2D eigenvalue weighted by molar-refractivity contribution is 14.1. The second kappa shape index (κ2) is 6.50.